The molecular formula is C21H27N5O2+2. The lowest BCUT2D eigenvalue weighted by atomic mass is 10.1. The molecule has 0 aromatic carbocycles. The zero-order valence-electron chi connectivity index (χ0n) is 16.7. The van der Waals surface area contributed by atoms with Crippen LogP contribution in [0.1, 0.15) is 27.5 Å². The number of carbonyl (C=O) groups is 1. The van der Waals surface area contributed by atoms with E-state index in [1.807, 2.05) is 55.8 Å². The van der Waals surface area contributed by atoms with Crippen molar-refractivity contribution in [2.75, 3.05) is 37.6 Å². The van der Waals surface area contributed by atoms with E-state index in [2.05, 4.69) is 21.1 Å². The molecule has 7 heteroatoms. The predicted molar refractivity (Wildman–Crippen MR) is 105 cm³/mol. The average molecular weight is 381 g/mol. The Morgan fingerprint density at radius 2 is 2.00 bits per heavy atom. The summed E-state index contributed by atoms with van der Waals surface area (Å²) in [4.78, 5) is 19.9. The quantitative estimate of drug-likeness (QED) is 0.664. The zero-order chi connectivity index (χ0) is 19.7. The Balaban J connectivity index is 1.42. The van der Waals surface area contributed by atoms with E-state index in [9.17, 15) is 4.79 Å². The maximum Gasteiger partial charge on any atom is 0.274 e. The molecule has 4 rings (SSSR count). The molecule has 0 spiro atoms. The van der Waals surface area contributed by atoms with Gasteiger partial charge in [0.1, 0.15) is 38.5 Å². The maximum absolute atomic E-state index is 13.0. The first-order valence-electron chi connectivity index (χ1n) is 9.74. The average Bonchev–Trinajstić information content (AvgIpc) is 3.25. The standard InChI is InChI=1S/C21H25N5O2/c1-15-12-18(17(3)26(15)21-13-16(2)28-23-21)19(27)14-24-8-10-25(11-9-24)20-6-4-5-7-22-20/h4-7,12-13H,8-11,14H2,1-3H3/p+2. The van der Waals surface area contributed by atoms with Crippen LogP contribution in [0.5, 0.6) is 0 Å². The van der Waals surface area contributed by atoms with Gasteiger partial charge in [0.25, 0.3) is 5.82 Å². The number of carbonyl (C=O) groups excluding carboxylic acids is 1. The van der Waals surface area contributed by atoms with Crippen molar-refractivity contribution in [1.29, 1.82) is 0 Å². The van der Waals surface area contributed by atoms with Crippen LogP contribution in [0.3, 0.4) is 0 Å². The van der Waals surface area contributed by atoms with Crippen molar-refractivity contribution in [2.24, 2.45) is 0 Å². The first kappa shape index (κ1) is 18.4. The summed E-state index contributed by atoms with van der Waals surface area (Å²) >= 11 is 0. The third kappa shape index (κ3) is 3.57. The van der Waals surface area contributed by atoms with E-state index in [1.54, 1.807) is 0 Å². The summed E-state index contributed by atoms with van der Waals surface area (Å²) in [5, 5.41) is 4.10. The number of ketones is 1. The number of hydrogen-bond donors (Lipinski definition) is 1. The van der Waals surface area contributed by atoms with Crippen molar-refractivity contribution in [1.82, 2.24) is 9.72 Å². The predicted octanol–water partition coefficient (Wildman–Crippen LogP) is 0.792. The number of hydrogen-bond acceptors (Lipinski definition) is 4. The van der Waals surface area contributed by atoms with Gasteiger partial charge in [-0.05, 0) is 32.9 Å². The van der Waals surface area contributed by atoms with Crippen LogP contribution in [0.25, 0.3) is 5.82 Å². The van der Waals surface area contributed by atoms with Crippen molar-refractivity contribution < 1.29 is 19.2 Å². The molecule has 1 aliphatic heterocycles. The van der Waals surface area contributed by atoms with Crippen molar-refractivity contribution in [2.45, 2.75) is 20.8 Å². The first-order chi connectivity index (χ1) is 13.5. The van der Waals surface area contributed by atoms with Crippen LogP contribution in [0, 0.1) is 20.8 Å². The molecule has 0 atom stereocenters. The molecule has 4 heterocycles. The fraction of sp³-hybridized carbons (Fsp3) is 0.381. The Kier molecular flexibility index (Phi) is 5.00. The minimum absolute atomic E-state index is 0.189. The van der Waals surface area contributed by atoms with Gasteiger partial charge in [0, 0.05) is 29.1 Å². The lowest BCUT2D eigenvalue weighted by Gasteiger charge is -2.27. The third-order valence-electron chi connectivity index (χ3n) is 5.49. The second-order valence-corrected chi connectivity index (χ2v) is 7.50. The number of piperazine rings is 1. The number of Topliss-reactive ketones (excluding diaryl/α,β-unsaturated/α-hetero) is 1. The number of rotatable bonds is 5. The van der Waals surface area contributed by atoms with Gasteiger partial charge >= 0.3 is 0 Å². The smallest absolute Gasteiger partial charge is 0.274 e. The van der Waals surface area contributed by atoms with Gasteiger partial charge in [0.15, 0.2) is 5.82 Å². The highest BCUT2D eigenvalue weighted by atomic mass is 16.5. The van der Waals surface area contributed by atoms with E-state index < -0.39 is 0 Å². The Morgan fingerprint density at radius 3 is 2.64 bits per heavy atom. The number of H-pyrrole nitrogens is 1. The highest BCUT2D eigenvalue weighted by Crippen LogP contribution is 2.20. The molecule has 0 aliphatic carbocycles. The number of anilines is 1. The summed E-state index contributed by atoms with van der Waals surface area (Å²) in [6.45, 7) is 10.2. The van der Waals surface area contributed by atoms with E-state index in [4.69, 9.17) is 4.52 Å². The van der Waals surface area contributed by atoms with Crippen LogP contribution < -0.4 is 14.8 Å². The summed E-state index contributed by atoms with van der Waals surface area (Å²) < 4.78 is 7.19. The van der Waals surface area contributed by atoms with Crippen LogP contribution >= 0.6 is 0 Å². The molecule has 1 aliphatic rings. The molecule has 28 heavy (non-hydrogen) atoms. The molecular weight excluding hydrogens is 354 g/mol. The minimum atomic E-state index is 0.189. The minimum Gasteiger partial charge on any atom is -0.360 e. The molecule has 3 aromatic heterocycles. The number of quaternary nitrogens is 1. The molecule has 7 nitrogen and oxygen atoms in total. The second-order valence-electron chi connectivity index (χ2n) is 7.50. The Bertz CT molecular complexity index is 968. The Morgan fingerprint density at radius 1 is 1.21 bits per heavy atom. The summed E-state index contributed by atoms with van der Waals surface area (Å²) in [7, 11) is 0. The summed E-state index contributed by atoms with van der Waals surface area (Å²) in [5.74, 6) is 2.81. The first-order valence-corrected chi connectivity index (χ1v) is 9.74. The molecule has 1 fully saturated rings. The van der Waals surface area contributed by atoms with Crippen LogP contribution in [0.4, 0.5) is 5.82 Å². The molecule has 0 saturated carbocycles. The molecule has 0 amide bonds. The summed E-state index contributed by atoms with van der Waals surface area (Å²) in [5.41, 5.74) is 2.70. The van der Waals surface area contributed by atoms with Gasteiger partial charge in [-0.25, -0.2) is 4.98 Å². The summed E-state index contributed by atoms with van der Waals surface area (Å²) in [6, 6.07) is 9.98. The Labute approximate surface area is 164 Å². The van der Waals surface area contributed by atoms with Gasteiger partial charge in [0.05, 0.1) is 6.20 Å². The highest BCUT2D eigenvalue weighted by Gasteiger charge is 2.28. The van der Waals surface area contributed by atoms with Gasteiger partial charge in [-0.15, -0.1) is 0 Å². The number of aromatic amines is 1. The van der Waals surface area contributed by atoms with Crippen molar-refractivity contribution >= 4 is 11.6 Å². The van der Waals surface area contributed by atoms with Crippen molar-refractivity contribution in [3.63, 3.8) is 0 Å². The lowest BCUT2D eigenvalue weighted by Crippen LogP contribution is -3.15. The largest absolute Gasteiger partial charge is 0.360 e. The molecule has 2 N–H and O–H groups in total. The van der Waals surface area contributed by atoms with Gasteiger partial charge in [-0.3, -0.25) is 14.3 Å². The van der Waals surface area contributed by atoms with Crippen LogP contribution in [-0.4, -0.2) is 48.2 Å². The molecule has 0 radical (unpaired) electrons. The van der Waals surface area contributed by atoms with E-state index in [0.717, 1.165) is 60.5 Å². The van der Waals surface area contributed by atoms with E-state index in [0.29, 0.717) is 6.54 Å². The number of aromatic nitrogens is 3. The number of nitrogens with zero attached hydrogens (tertiary/aromatic N) is 3. The topological polar surface area (TPSA) is 69.8 Å². The monoisotopic (exact) mass is 381 g/mol. The van der Waals surface area contributed by atoms with Crippen LogP contribution in [0.15, 0.2) is 41.1 Å². The van der Waals surface area contributed by atoms with Gasteiger partial charge in [0.2, 0.25) is 5.78 Å². The van der Waals surface area contributed by atoms with Crippen molar-refractivity contribution in [3.8, 4) is 5.82 Å². The fourth-order valence-electron chi connectivity index (χ4n) is 4.00. The summed E-state index contributed by atoms with van der Waals surface area (Å²) in [6.07, 6.45) is 1.95. The number of nitrogens with one attached hydrogen (secondary N) is 2. The normalized spacial score (nSPS) is 15.2. The van der Waals surface area contributed by atoms with Gasteiger partial charge in [-0.2, -0.15) is 0 Å². The molecule has 1 saturated heterocycles. The third-order valence-corrected chi connectivity index (χ3v) is 5.49. The second kappa shape index (κ2) is 7.59. The zero-order valence-corrected chi connectivity index (χ0v) is 16.7. The molecule has 0 bridgehead atoms. The SMILES string of the molecule is Cc1cc(-n2c(C)cc(C(=O)C[NH+]3CCN(c4cccc[nH+]4)CC3)c2C)no1. The maximum atomic E-state index is 13.0. The van der Waals surface area contributed by atoms with E-state index >= 15 is 0 Å². The van der Waals surface area contributed by atoms with E-state index in [-0.39, 0.29) is 5.78 Å². The van der Waals surface area contributed by atoms with E-state index in [1.165, 1.54) is 4.90 Å². The Hall–Kier alpha value is -2.93. The molecule has 0 unspecified atom stereocenters. The number of aryl methyl sites for hydroxylation is 2. The molecule has 3 aromatic rings. The van der Waals surface area contributed by atoms with Crippen molar-refractivity contribution in [3.05, 3.63) is 59.2 Å². The highest BCUT2D eigenvalue weighted by molar-refractivity contribution is 5.98. The molecule has 146 valence electrons. The lowest BCUT2D eigenvalue weighted by molar-refractivity contribution is -0.892. The van der Waals surface area contributed by atoms with Crippen LogP contribution in [-0.2, 0) is 0 Å². The van der Waals surface area contributed by atoms with Gasteiger partial charge < -0.3 is 9.42 Å². The van der Waals surface area contributed by atoms with Gasteiger partial charge in [-0.1, -0.05) is 11.2 Å². The number of pyridine rings is 1. The fourth-order valence-corrected chi connectivity index (χ4v) is 4.00. The van der Waals surface area contributed by atoms with Crippen LogP contribution in [0.2, 0.25) is 0 Å².